The Hall–Kier alpha value is -2.04. The highest BCUT2D eigenvalue weighted by Crippen LogP contribution is 2.18. The number of rotatable bonds is 5. The van der Waals surface area contributed by atoms with Gasteiger partial charge >= 0.3 is 12.0 Å². The van der Waals surface area contributed by atoms with E-state index in [2.05, 4.69) is 17.4 Å². The van der Waals surface area contributed by atoms with Gasteiger partial charge in [0.25, 0.3) is 0 Å². The van der Waals surface area contributed by atoms with E-state index >= 15 is 0 Å². The van der Waals surface area contributed by atoms with Gasteiger partial charge in [0, 0.05) is 19.1 Å². The maximum Gasteiger partial charge on any atom is 0.317 e. The lowest BCUT2D eigenvalue weighted by atomic mass is 9.97. The minimum atomic E-state index is -0.165. The fourth-order valence-electron chi connectivity index (χ4n) is 2.89. The van der Waals surface area contributed by atoms with Crippen LogP contribution in [-0.2, 0) is 16.0 Å². The number of piperidine rings is 1. The molecule has 1 unspecified atom stereocenters. The lowest BCUT2D eigenvalue weighted by Gasteiger charge is -2.31. The fourth-order valence-corrected chi connectivity index (χ4v) is 2.89. The second-order valence-corrected chi connectivity index (χ2v) is 6.16. The topological polar surface area (TPSA) is 58.6 Å². The van der Waals surface area contributed by atoms with E-state index in [9.17, 15) is 9.59 Å². The van der Waals surface area contributed by atoms with Crippen LogP contribution in [0.2, 0.25) is 0 Å². The summed E-state index contributed by atoms with van der Waals surface area (Å²) in [7, 11) is 1.41. The van der Waals surface area contributed by atoms with Crippen LogP contribution >= 0.6 is 0 Å². The first-order valence-corrected chi connectivity index (χ1v) is 8.27. The molecule has 0 radical (unpaired) electrons. The molecule has 126 valence electrons. The van der Waals surface area contributed by atoms with Crippen molar-refractivity contribution >= 4 is 12.0 Å². The second-order valence-electron chi connectivity index (χ2n) is 6.16. The van der Waals surface area contributed by atoms with Crippen molar-refractivity contribution in [1.29, 1.82) is 0 Å². The van der Waals surface area contributed by atoms with Crippen molar-refractivity contribution in [3.05, 3.63) is 35.9 Å². The van der Waals surface area contributed by atoms with Gasteiger partial charge in [0.2, 0.25) is 0 Å². The summed E-state index contributed by atoms with van der Waals surface area (Å²) in [4.78, 5) is 25.6. The summed E-state index contributed by atoms with van der Waals surface area (Å²) < 4.78 is 4.77. The SMILES string of the molecule is COC(=O)C1CCN(C(=O)NC(C)CCc2ccccc2)CC1. The molecule has 1 aromatic carbocycles. The van der Waals surface area contributed by atoms with Crippen molar-refractivity contribution < 1.29 is 14.3 Å². The first-order valence-electron chi connectivity index (χ1n) is 8.27. The van der Waals surface area contributed by atoms with Gasteiger partial charge in [-0.25, -0.2) is 4.79 Å². The van der Waals surface area contributed by atoms with Crippen LogP contribution in [-0.4, -0.2) is 43.1 Å². The molecule has 1 saturated heterocycles. The predicted molar refractivity (Wildman–Crippen MR) is 89.1 cm³/mol. The Morgan fingerprint density at radius 2 is 1.91 bits per heavy atom. The number of aryl methyl sites for hydroxylation is 1. The van der Waals surface area contributed by atoms with Crippen molar-refractivity contribution in [2.45, 2.75) is 38.6 Å². The van der Waals surface area contributed by atoms with Gasteiger partial charge in [-0.05, 0) is 38.2 Å². The number of amides is 2. The molecule has 1 heterocycles. The number of carbonyl (C=O) groups excluding carboxylic acids is 2. The van der Waals surface area contributed by atoms with Crippen molar-refractivity contribution in [2.75, 3.05) is 20.2 Å². The number of nitrogens with zero attached hydrogens (tertiary/aromatic N) is 1. The van der Waals surface area contributed by atoms with Gasteiger partial charge in [-0.1, -0.05) is 30.3 Å². The number of carbonyl (C=O) groups is 2. The van der Waals surface area contributed by atoms with E-state index in [-0.39, 0.29) is 24.0 Å². The Bertz CT molecular complexity index is 510. The molecule has 1 N–H and O–H groups in total. The molecule has 0 aliphatic carbocycles. The van der Waals surface area contributed by atoms with Gasteiger partial charge in [-0.3, -0.25) is 4.79 Å². The third kappa shape index (κ3) is 5.27. The van der Waals surface area contributed by atoms with E-state index in [1.54, 1.807) is 4.90 Å². The zero-order valence-electron chi connectivity index (χ0n) is 14.0. The van der Waals surface area contributed by atoms with Crippen molar-refractivity contribution in [3.8, 4) is 0 Å². The Balaban J connectivity index is 1.71. The molecule has 1 aliphatic rings. The molecule has 1 aromatic rings. The zero-order valence-corrected chi connectivity index (χ0v) is 14.0. The monoisotopic (exact) mass is 318 g/mol. The van der Waals surface area contributed by atoms with Gasteiger partial charge in [0.05, 0.1) is 13.0 Å². The number of nitrogens with one attached hydrogen (secondary N) is 1. The molecule has 1 aliphatic heterocycles. The molecular weight excluding hydrogens is 292 g/mol. The molecule has 5 nitrogen and oxygen atoms in total. The van der Waals surface area contributed by atoms with Crippen LogP contribution in [0.15, 0.2) is 30.3 Å². The van der Waals surface area contributed by atoms with E-state index in [1.165, 1.54) is 12.7 Å². The molecule has 2 rings (SSSR count). The molecule has 1 atom stereocenters. The average molecular weight is 318 g/mol. The van der Waals surface area contributed by atoms with Crippen molar-refractivity contribution in [2.24, 2.45) is 5.92 Å². The van der Waals surface area contributed by atoms with E-state index in [0.29, 0.717) is 25.9 Å². The highest BCUT2D eigenvalue weighted by Gasteiger charge is 2.28. The Morgan fingerprint density at radius 1 is 1.26 bits per heavy atom. The van der Waals surface area contributed by atoms with E-state index in [0.717, 1.165) is 12.8 Å². The number of hydrogen-bond acceptors (Lipinski definition) is 3. The summed E-state index contributed by atoms with van der Waals surface area (Å²) in [5, 5.41) is 3.05. The molecule has 0 saturated carbocycles. The molecule has 23 heavy (non-hydrogen) atoms. The van der Waals surface area contributed by atoms with Crippen LogP contribution in [0.1, 0.15) is 31.7 Å². The van der Waals surface area contributed by atoms with Crippen LogP contribution in [0.4, 0.5) is 4.79 Å². The number of urea groups is 1. The lowest BCUT2D eigenvalue weighted by molar-refractivity contribution is -0.146. The van der Waals surface area contributed by atoms with Gasteiger partial charge < -0.3 is 15.0 Å². The molecule has 1 fully saturated rings. The number of methoxy groups -OCH3 is 1. The summed E-state index contributed by atoms with van der Waals surface area (Å²) in [5.74, 6) is -0.235. The number of ether oxygens (including phenoxy) is 1. The number of benzene rings is 1. The smallest absolute Gasteiger partial charge is 0.317 e. The Labute approximate surface area is 138 Å². The number of hydrogen-bond donors (Lipinski definition) is 1. The highest BCUT2D eigenvalue weighted by atomic mass is 16.5. The van der Waals surface area contributed by atoms with Gasteiger partial charge in [0.15, 0.2) is 0 Å². The summed E-state index contributed by atoms with van der Waals surface area (Å²) in [6.45, 7) is 3.25. The summed E-state index contributed by atoms with van der Waals surface area (Å²) >= 11 is 0. The second kappa shape index (κ2) is 8.56. The van der Waals surface area contributed by atoms with Gasteiger partial charge in [-0.2, -0.15) is 0 Å². The highest BCUT2D eigenvalue weighted by molar-refractivity contribution is 5.76. The van der Waals surface area contributed by atoms with Gasteiger partial charge in [0.1, 0.15) is 0 Å². The fraction of sp³-hybridized carbons (Fsp3) is 0.556. The molecule has 2 amide bonds. The summed E-state index contributed by atoms with van der Waals surface area (Å²) in [6, 6.07) is 10.4. The van der Waals surface area contributed by atoms with E-state index < -0.39 is 0 Å². The summed E-state index contributed by atoms with van der Waals surface area (Å²) in [5.41, 5.74) is 1.28. The Morgan fingerprint density at radius 3 is 2.52 bits per heavy atom. The third-order valence-corrected chi connectivity index (χ3v) is 4.40. The van der Waals surface area contributed by atoms with Crippen molar-refractivity contribution in [1.82, 2.24) is 10.2 Å². The Kier molecular flexibility index (Phi) is 6.44. The van der Waals surface area contributed by atoms with Crippen LogP contribution in [0.5, 0.6) is 0 Å². The van der Waals surface area contributed by atoms with E-state index in [1.807, 2.05) is 25.1 Å². The lowest BCUT2D eigenvalue weighted by Crippen LogP contribution is -2.48. The van der Waals surface area contributed by atoms with Crippen LogP contribution in [0, 0.1) is 5.92 Å². The third-order valence-electron chi connectivity index (χ3n) is 4.40. The van der Waals surface area contributed by atoms with Crippen LogP contribution < -0.4 is 5.32 Å². The standard InChI is InChI=1S/C18H26N2O3/c1-14(8-9-15-6-4-3-5-7-15)19-18(22)20-12-10-16(11-13-20)17(21)23-2/h3-7,14,16H,8-13H2,1-2H3,(H,19,22). The van der Waals surface area contributed by atoms with Crippen molar-refractivity contribution in [3.63, 3.8) is 0 Å². The average Bonchev–Trinajstić information content (AvgIpc) is 2.60. The quantitative estimate of drug-likeness (QED) is 0.849. The normalized spacial score (nSPS) is 16.7. The van der Waals surface area contributed by atoms with Crippen LogP contribution in [0.3, 0.4) is 0 Å². The first-order chi connectivity index (χ1) is 11.1. The molecule has 0 bridgehead atoms. The largest absolute Gasteiger partial charge is 0.469 e. The maximum absolute atomic E-state index is 12.3. The number of likely N-dealkylation sites (tertiary alicyclic amines) is 1. The zero-order chi connectivity index (χ0) is 16.7. The van der Waals surface area contributed by atoms with E-state index in [4.69, 9.17) is 4.74 Å². The predicted octanol–water partition coefficient (Wildman–Crippen LogP) is 2.60. The van der Waals surface area contributed by atoms with Gasteiger partial charge in [-0.15, -0.1) is 0 Å². The molecule has 5 heteroatoms. The van der Waals surface area contributed by atoms with Crippen LogP contribution in [0.25, 0.3) is 0 Å². The molecular formula is C18H26N2O3. The molecule has 0 aromatic heterocycles. The summed E-state index contributed by atoms with van der Waals surface area (Å²) in [6.07, 6.45) is 3.22. The molecule has 0 spiro atoms. The maximum atomic E-state index is 12.3. The minimum absolute atomic E-state index is 0.0334. The minimum Gasteiger partial charge on any atom is -0.469 e. The first kappa shape index (κ1) is 17.3. The number of esters is 1.